The predicted octanol–water partition coefficient (Wildman–Crippen LogP) is 0.307. The summed E-state index contributed by atoms with van der Waals surface area (Å²) in [7, 11) is 0. The molecule has 0 aromatic carbocycles. The Kier molecular flexibility index (Phi) is 1.80. The van der Waals surface area contributed by atoms with Gasteiger partial charge in [0.25, 0.3) is 5.71 Å². The molecule has 0 saturated heterocycles. The normalized spacial score (nSPS) is 16.7. The van der Waals surface area contributed by atoms with Gasteiger partial charge >= 0.3 is 0 Å². The van der Waals surface area contributed by atoms with E-state index in [0.29, 0.717) is 5.71 Å². The summed E-state index contributed by atoms with van der Waals surface area (Å²) in [5.41, 5.74) is 0.653. The maximum absolute atomic E-state index is 8.05. The van der Waals surface area contributed by atoms with E-state index in [1.807, 2.05) is 6.08 Å². The van der Waals surface area contributed by atoms with E-state index in [9.17, 15) is 0 Å². The van der Waals surface area contributed by atoms with Gasteiger partial charge in [-0.25, -0.2) is 0 Å². The first kappa shape index (κ1) is 5.75. The van der Waals surface area contributed by atoms with E-state index in [-0.39, 0.29) is 0 Å². The van der Waals surface area contributed by atoms with Crippen molar-refractivity contribution in [1.29, 1.82) is 0 Å². The summed E-state index contributed by atoms with van der Waals surface area (Å²) in [4.78, 5) is 3.86. The van der Waals surface area contributed by atoms with Crippen molar-refractivity contribution in [3.05, 3.63) is 24.4 Å². The molecule has 1 N–H and O–H groups in total. The van der Waals surface area contributed by atoms with Crippen LogP contribution in [0.5, 0.6) is 0 Å². The Morgan fingerprint density at radius 3 is 3.00 bits per heavy atom. The Labute approximate surface area is 52.7 Å². The maximum atomic E-state index is 8.05. The second-order valence-corrected chi connectivity index (χ2v) is 1.50. The van der Waals surface area contributed by atoms with Gasteiger partial charge in [-0.05, 0) is 6.08 Å². The van der Waals surface area contributed by atoms with Crippen LogP contribution in [0.1, 0.15) is 0 Å². The molecule has 1 aliphatic heterocycles. The highest BCUT2D eigenvalue weighted by Gasteiger charge is 2.02. The molecule has 0 fully saturated rings. The third-order valence-corrected chi connectivity index (χ3v) is 0.878. The summed E-state index contributed by atoms with van der Waals surface area (Å²) in [5.74, 6) is 0. The smallest absolute Gasteiger partial charge is 0.298 e. The second-order valence-electron chi connectivity index (χ2n) is 1.50. The Bertz CT molecular complexity index is 201. The molecule has 1 rings (SSSR count). The second kappa shape index (κ2) is 2.81. The summed E-state index contributed by atoms with van der Waals surface area (Å²) in [6.45, 7) is 0. The number of rotatable bonds is 1. The van der Waals surface area contributed by atoms with E-state index in [2.05, 4.69) is 10.1 Å². The first-order valence-corrected chi connectivity index (χ1v) is 2.52. The minimum Gasteiger partial charge on any atom is -0.411 e. The van der Waals surface area contributed by atoms with Gasteiger partial charge in [-0.15, -0.1) is 0 Å². The van der Waals surface area contributed by atoms with Gasteiger partial charge in [0.05, 0.1) is 4.99 Å². The standard InChI is InChI=1S/C6H6N2O/c9-8-5-6-3-1-2-4-7-6/h1-5,9H/q+1. The number of hydrogen-bond donors (Lipinski definition) is 1. The van der Waals surface area contributed by atoms with Crippen LogP contribution in [-0.4, -0.2) is 17.1 Å². The highest BCUT2D eigenvalue weighted by atomic mass is 16.4. The lowest BCUT2D eigenvalue weighted by atomic mass is 10.3. The molecular formula is C6H6N2O+. The lowest BCUT2D eigenvalue weighted by molar-refractivity contribution is 0.322. The molecule has 3 nitrogen and oxygen atoms in total. The Balaban J connectivity index is 2.72. The zero-order valence-electron chi connectivity index (χ0n) is 4.73. The molecule has 0 amide bonds. The molecule has 45 valence electrons. The SMILES string of the molecule is ON=CC1=[N+]C=CC=C1. The summed E-state index contributed by atoms with van der Waals surface area (Å²) >= 11 is 0. The molecule has 1 heterocycles. The van der Waals surface area contributed by atoms with Crippen molar-refractivity contribution in [2.45, 2.75) is 0 Å². The zero-order chi connectivity index (χ0) is 6.53. The van der Waals surface area contributed by atoms with Crippen LogP contribution in [0.4, 0.5) is 0 Å². The zero-order valence-corrected chi connectivity index (χ0v) is 4.73. The van der Waals surface area contributed by atoms with Crippen LogP contribution >= 0.6 is 0 Å². The minimum absolute atomic E-state index is 0.653. The number of allylic oxidation sites excluding steroid dienone is 3. The lowest BCUT2D eigenvalue weighted by Gasteiger charge is -1.76. The Morgan fingerprint density at radius 1 is 1.56 bits per heavy atom. The lowest BCUT2D eigenvalue weighted by Crippen LogP contribution is -2.03. The fraction of sp³-hybridized carbons (Fsp3) is 0. The van der Waals surface area contributed by atoms with Crippen LogP contribution in [0, 0.1) is 0 Å². The van der Waals surface area contributed by atoms with E-state index in [4.69, 9.17) is 5.21 Å². The van der Waals surface area contributed by atoms with E-state index < -0.39 is 0 Å². The molecule has 0 spiro atoms. The monoisotopic (exact) mass is 122 g/mol. The highest BCUT2D eigenvalue weighted by Crippen LogP contribution is 1.82. The summed E-state index contributed by atoms with van der Waals surface area (Å²) in [5, 5.41) is 10.9. The number of nitrogens with zero attached hydrogens (tertiary/aromatic N) is 2. The van der Waals surface area contributed by atoms with Gasteiger partial charge in [0, 0.05) is 12.2 Å². The van der Waals surface area contributed by atoms with Gasteiger partial charge in [0.15, 0.2) is 0 Å². The molecule has 0 aromatic rings. The van der Waals surface area contributed by atoms with Crippen molar-refractivity contribution in [3.63, 3.8) is 0 Å². The molecule has 3 heteroatoms. The van der Waals surface area contributed by atoms with Crippen molar-refractivity contribution in [2.75, 3.05) is 0 Å². The third-order valence-electron chi connectivity index (χ3n) is 0.878. The first-order chi connectivity index (χ1) is 4.43. The summed E-state index contributed by atoms with van der Waals surface area (Å²) in [6, 6.07) is 0. The quantitative estimate of drug-likeness (QED) is 0.303. The van der Waals surface area contributed by atoms with Crippen LogP contribution in [0.15, 0.2) is 29.6 Å². The van der Waals surface area contributed by atoms with Crippen molar-refractivity contribution in [3.8, 4) is 0 Å². The fourth-order valence-electron chi connectivity index (χ4n) is 0.511. The largest absolute Gasteiger partial charge is 0.411 e. The van der Waals surface area contributed by atoms with E-state index in [0.717, 1.165) is 0 Å². The summed E-state index contributed by atoms with van der Waals surface area (Å²) in [6.07, 6.45) is 8.29. The van der Waals surface area contributed by atoms with Crippen molar-refractivity contribution < 1.29 is 5.21 Å². The predicted molar refractivity (Wildman–Crippen MR) is 35.7 cm³/mol. The molecule has 0 aromatic heterocycles. The van der Waals surface area contributed by atoms with Crippen LogP contribution < -0.4 is 4.99 Å². The first-order valence-electron chi connectivity index (χ1n) is 2.52. The Hall–Kier alpha value is -1.38. The average Bonchev–Trinajstić information content (AvgIpc) is 1.91. The van der Waals surface area contributed by atoms with Gasteiger partial charge < -0.3 is 5.21 Å². The molecule has 1 aliphatic rings. The van der Waals surface area contributed by atoms with Crippen molar-refractivity contribution in [2.24, 2.45) is 5.16 Å². The van der Waals surface area contributed by atoms with Crippen LogP contribution in [0.2, 0.25) is 0 Å². The van der Waals surface area contributed by atoms with Gasteiger partial charge in [-0.1, -0.05) is 5.16 Å². The van der Waals surface area contributed by atoms with Gasteiger partial charge in [0.1, 0.15) is 6.21 Å². The number of aliphatic imine (C=N–C) groups is 1. The van der Waals surface area contributed by atoms with Crippen LogP contribution in [0.25, 0.3) is 0 Å². The fourth-order valence-corrected chi connectivity index (χ4v) is 0.511. The molecular weight excluding hydrogens is 116 g/mol. The molecule has 0 bridgehead atoms. The molecule has 0 saturated carbocycles. The molecule has 0 unspecified atom stereocenters. The topological polar surface area (TPSA) is 46.7 Å². The molecule has 0 atom stereocenters. The third kappa shape index (κ3) is 1.53. The van der Waals surface area contributed by atoms with Crippen molar-refractivity contribution in [1.82, 2.24) is 4.99 Å². The van der Waals surface area contributed by atoms with E-state index >= 15 is 0 Å². The van der Waals surface area contributed by atoms with E-state index in [1.165, 1.54) is 6.21 Å². The van der Waals surface area contributed by atoms with Gasteiger partial charge in [0.2, 0.25) is 6.20 Å². The summed E-state index contributed by atoms with van der Waals surface area (Å²) < 4.78 is 0. The van der Waals surface area contributed by atoms with Crippen LogP contribution in [0.3, 0.4) is 0 Å². The molecule has 1 radical (unpaired) electrons. The number of oxime groups is 1. The van der Waals surface area contributed by atoms with Gasteiger partial charge in [-0.2, -0.15) is 0 Å². The average molecular weight is 122 g/mol. The van der Waals surface area contributed by atoms with Crippen molar-refractivity contribution >= 4 is 11.9 Å². The van der Waals surface area contributed by atoms with Gasteiger partial charge in [-0.3, -0.25) is 0 Å². The highest BCUT2D eigenvalue weighted by molar-refractivity contribution is 6.35. The molecule has 9 heavy (non-hydrogen) atoms. The number of hydrogen-bond acceptors (Lipinski definition) is 3. The Morgan fingerprint density at radius 2 is 2.44 bits per heavy atom. The van der Waals surface area contributed by atoms with Crippen LogP contribution in [-0.2, 0) is 0 Å². The molecule has 0 aliphatic carbocycles. The minimum atomic E-state index is 0.653. The van der Waals surface area contributed by atoms with E-state index in [1.54, 1.807) is 18.4 Å². The maximum Gasteiger partial charge on any atom is 0.298 e.